The molecule has 0 saturated carbocycles. The van der Waals surface area contributed by atoms with Crippen molar-refractivity contribution in [2.45, 2.75) is 6.92 Å². The molecule has 0 spiro atoms. The van der Waals surface area contributed by atoms with Crippen molar-refractivity contribution in [2.75, 3.05) is 0 Å². The summed E-state index contributed by atoms with van der Waals surface area (Å²) in [6, 6.07) is 1.34. The van der Waals surface area contributed by atoms with Crippen molar-refractivity contribution in [2.24, 2.45) is 0 Å². The van der Waals surface area contributed by atoms with Crippen LogP contribution in [0.15, 0.2) is 15.0 Å². The summed E-state index contributed by atoms with van der Waals surface area (Å²) in [5.41, 5.74) is 0.218. The fourth-order valence-corrected chi connectivity index (χ4v) is 1.06. The number of carboxylic acids is 1. The van der Waals surface area contributed by atoms with Crippen molar-refractivity contribution in [1.29, 1.82) is 0 Å². The number of ketones is 1. The first-order valence-electron chi connectivity index (χ1n) is 3.73. The zero-order chi connectivity index (χ0) is 10.3. The smallest absolute Gasteiger partial charge is 0.378 e. The second-order valence-electron chi connectivity index (χ2n) is 2.70. The topological polar surface area (TPSA) is 93.5 Å². The van der Waals surface area contributed by atoms with Gasteiger partial charge >= 0.3 is 5.97 Å². The lowest BCUT2D eigenvalue weighted by molar-refractivity contribution is 0.0652. The standard InChI is InChI=1S/C8H5NO5/c1-3(10)5-2-4-6(13-5)7(8(11)12)14-9-4/h2H,1H3,(H,11,12). The number of fused-ring (bicyclic) bond motifs is 1. The Morgan fingerprint density at radius 1 is 1.50 bits per heavy atom. The van der Waals surface area contributed by atoms with Gasteiger partial charge in [0.25, 0.3) is 5.76 Å². The summed E-state index contributed by atoms with van der Waals surface area (Å²) < 4.78 is 9.47. The van der Waals surface area contributed by atoms with Crippen molar-refractivity contribution in [3.05, 3.63) is 17.6 Å². The van der Waals surface area contributed by atoms with E-state index in [0.717, 1.165) is 0 Å². The number of nitrogens with zero attached hydrogens (tertiary/aromatic N) is 1. The molecule has 0 saturated heterocycles. The van der Waals surface area contributed by atoms with Crippen LogP contribution in [0.25, 0.3) is 11.1 Å². The fourth-order valence-electron chi connectivity index (χ4n) is 1.06. The molecule has 0 aromatic carbocycles. The number of aromatic carboxylic acids is 1. The summed E-state index contributed by atoms with van der Waals surface area (Å²) in [7, 11) is 0. The third kappa shape index (κ3) is 1.08. The van der Waals surface area contributed by atoms with E-state index in [1.807, 2.05) is 0 Å². The van der Waals surface area contributed by atoms with E-state index >= 15 is 0 Å². The van der Waals surface area contributed by atoms with Gasteiger partial charge in [0.05, 0.1) is 0 Å². The molecule has 0 bridgehead atoms. The Morgan fingerprint density at radius 2 is 2.21 bits per heavy atom. The zero-order valence-electron chi connectivity index (χ0n) is 7.10. The van der Waals surface area contributed by atoms with Crippen molar-refractivity contribution in [3.63, 3.8) is 0 Å². The van der Waals surface area contributed by atoms with E-state index < -0.39 is 11.7 Å². The molecule has 14 heavy (non-hydrogen) atoms. The van der Waals surface area contributed by atoms with Gasteiger partial charge in [0, 0.05) is 13.0 Å². The molecule has 72 valence electrons. The molecule has 2 aromatic rings. The van der Waals surface area contributed by atoms with E-state index in [1.165, 1.54) is 13.0 Å². The van der Waals surface area contributed by atoms with E-state index in [-0.39, 0.29) is 22.6 Å². The number of hydrogen-bond donors (Lipinski definition) is 1. The van der Waals surface area contributed by atoms with Gasteiger partial charge in [0.15, 0.2) is 17.1 Å². The number of carboxylic acid groups (broad SMARTS) is 1. The van der Waals surface area contributed by atoms with E-state index in [1.54, 1.807) is 0 Å². The number of carbonyl (C=O) groups is 2. The molecule has 0 aliphatic rings. The van der Waals surface area contributed by atoms with Crippen LogP contribution in [-0.4, -0.2) is 22.0 Å². The van der Waals surface area contributed by atoms with Crippen LogP contribution in [0.4, 0.5) is 0 Å². The number of aromatic nitrogens is 1. The second-order valence-corrected chi connectivity index (χ2v) is 2.70. The molecule has 0 atom stereocenters. The molecule has 0 radical (unpaired) electrons. The average Bonchev–Trinajstić information content (AvgIpc) is 2.58. The summed E-state index contributed by atoms with van der Waals surface area (Å²) >= 11 is 0. The SMILES string of the molecule is CC(=O)c1cc2noc(C(=O)O)c2o1. The lowest BCUT2D eigenvalue weighted by Gasteiger charge is -1.85. The van der Waals surface area contributed by atoms with Gasteiger partial charge < -0.3 is 14.0 Å². The molecule has 2 rings (SSSR count). The summed E-state index contributed by atoms with van der Waals surface area (Å²) in [6.07, 6.45) is 0. The van der Waals surface area contributed by atoms with Crippen LogP contribution >= 0.6 is 0 Å². The summed E-state index contributed by atoms with van der Waals surface area (Å²) in [5, 5.41) is 12.1. The first-order valence-corrected chi connectivity index (χ1v) is 3.73. The Labute approximate surface area is 77.1 Å². The quantitative estimate of drug-likeness (QED) is 0.726. The van der Waals surface area contributed by atoms with Gasteiger partial charge in [-0.1, -0.05) is 5.16 Å². The summed E-state index contributed by atoms with van der Waals surface area (Å²) in [6.45, 7) is 1.31. The minimum atomic E-state index is -1.28. The molecule has 0 aliphatic carbocycles. The van der Waals surface area contributed by atoms with Crippen molar-refractivity contribution < 1.29 is 23.6 Å². The van der Waals surface area contributed by atoms with Gasteiger partial charge in [-0.3, -0.25) is 4.79 Å². The molecule has 6 nitrogen and oxygen atoms in total. The molecular formula is C8H5NO5. The van der Waals surface area contributed by atoms with Gasteiger partial charge in [-0.25, -0.2) is 4.79 Å². The van der Waals surface area contributed by atoms with Crippen molar-refractivity contribution >= 4 is 22.9 Å². The van der Waals surface area contributed by atoms with E-state index in [9.17, 15) is 9.59 Å². The summed E-state index contributed by atoms with van der Waals surface area (Å²) in [5.74, 6) is -1.90. The molecule has 0 fully saturated rings. The van der Waals surface area contributed by atoms with Crippen LogP contribution in [-0.2, 0) is 0 Å². The first kappa shape index (κ1) is 8.49. The van der Waals surface area contributed by atoms with Crippen LogP contribution in [0.3, 0.4) is 0 Å². The Morgan fingerprint density at radius 3 is 2.79 bits per heavy atom. The molecule has 0 unspecified atom stereocenters. The number of hydrogen-bond acceptors (Lipinski definition) is 5. The van der Waals surface area contributed by atoms with Crippen LogP contribution in [0, 0.1) is 0 Å². The normalized spacial score (nSPS) is 10.6. The van der Waals surface area contributed by atoms with E-state index in [0.29, 0.717) is 0 Å². The number of furan rings is 1. The predicted octanol–water partition coefficient (Wildman–Crippen LogP) is 1.32. The largest absolute Gasteiger partial charge is 0.475 e. The van der Waals surface area contributed by atoms with Gasteiger partial charge in [-0.05, 0) is 0 Å². The third-order valence-electron chi connectivity index (χ3n) is 1.70. The minimum absolute atomic E-state index is 0.0114. The second kappa shape index (κ2) is 2.69. The zero-order valence-corrected chi connectivity index (χ0v) is 7.10. The Hall–Kier alpha value is -2.11. The van der Waals surface area contributed by atoms with Gasteiger partial charge in [-0.15, -0.1) is 0 Å². The number of rotatable bonds is 2. The monoisotopic (exact) mass is 195 g/mol. The van der Waals surface area contributed by atoms with Crippen molar-refractivity contribution in [1.82, 2.24) is 5.16 Å². The van der Waals surface area contributed by atoms with Crippen LogP contribution < -0.4 is 0 Å². The highest BCUT2D eigenvalue weighted by Crippen LogP contribution is 2.22. The Balaban J connectivity index is 2.67. The highest BCUT2D eigenvalue weighted by Gasteiger charge is 2.21. The molecule has 0 amide bonds. The molecule has 1 N–H and O–H groups in total. The lowest BCUT2D eigenvalue weighted by atomic mass is 10.3. The van der Waals surface area contributed by atoms with E-state index in [4.69, 9.17) is 9.52 Å². The molecular weight excluding hydrogens is 190 g/mol. The van der Waals surface area contributed by atoms with Crippen LogP contribution in [0.5, 0.6) is 0 Å². The third-order valence-corrected chi connectivity index (χ3v) is 1.70. The van der Waals surface area contributed by atoms with Crippen LogP contribution in [0.2, 0.25) is 0 Å². The first-order chi connectivity index (χ1) is 6.59. The Bertz CT molecular complexity index is 521. The summed E-state index contributed by atoms with van der Waals surface area (Å²) in [4.78, 5) is 21.5. The van der Waals surface area contributed by atoms with Gasteiger partial charge in [0.1, 0.15) is 0 Å². The molecule has 6 heteroatoms. The number of Topliss-reactive ketones (excluding diaryl/α,β-unsaturated/α-hetero) is 1. The van der Waals surface area contributed by atoms with Gasteiger partial charge in [0.2, 0.25) is 5.58 Å². The highest BCUT2D eigenvalue weighted by molar-refractivity contribution is 6.00. The molecule has 2 aromatic heterocycles. The fraction of sp³-hybridized carbons (Fsp3) is 0.125. The minimum Gasteiger partial charge on any atom is -0.475 e. The van der Waals surface area contributed by atoms with Gasteiger partial charge in [-0.2, -0.15) is 0 Å². The van der Waals surface area contributed by atoms with Crippen molar-refractivity contribution in [3.8, 4) is 0 Å². The Kier molecular flexibility index (Phi) is 1.63. The number of carbonyl (C=O) groups excluding carboxylic acids is 1. The molecule has 2 heterocycles. The maximum absolute atomic E-state index is 10.9. The van der Waals surface area contributed by atoms with Crippen LogP contribution in [0.1, 0.15) is 28.0 Å². The lowest BCUT2D eigenvalue weighted by Crippen LogP contribution is -1.93. The maximum Gasteiger partial charge on any atom is 0.378 e. The van der Waals surface area contributed by atoms with E-state index in [2.05, 4.69) is 9.68 Å². The maximum atomic E-state index is 10.9. The predicted molar refractivity (Wildman–Crippen MR) is 43.2 cm³/mol. The highest BCUT2D eigenvalue weighted by atomic mass is 16.5. The average molecular weight is 195 g/mol. The molecule has 0 aliphatic heterocycles.